The molecular weight excluding hydrogens is 203 g/mol. The van der Waals surface area contributed by atoms with Crippen LogP contribution in [-0.4, -0.2) is 9.97 Å². The van der Waals surface area contributed by atoms with Gasteiger partial charge in [-0.1, -0.05) is 24.3 Å². The van der Waals surface area contributed by atoms with E-state index < -0.39 is 0 Å². The average Bonchev–Trinajstić information content (AvgIpc) is 2.53. The van der Waals surface area contributed by atoms with Gasteiger partial charge >= 0.3 is 29.6 Å². The Morgan fingerprint density at radius 2 is 2.00 bits per heavy atom. The molecule has 1 heterocycles. The van der Waals surface area contributed by atoms with Gasteiger partial charge in [0, 0.05) is 11.8 Å². The second kappa shape index (κ2) is 4.94. The molecule has 0 fully saturated rings. The van der Waals surface area contributed by atoms with Crippen molar-refractivity contribution >= 4 is 12.6 Å². The zero-order chi connectivity index (χ0) is 9.26. The predicted octanol–water partition coefficient (Wildman–Crippen LogP) is -0.705. The quantitative estimate of drug-likeness (QED) is 0.500. The van der Waals surface area contributed by atoms with Gasteiger partial charge in [-0.2, -0.15) is 0 Å². The minimum atomic E-state index is 0. The Morgan fingerprint density at radius 3 is 2.57 bits per heavy atom. The number of aromatic amines is 1. The largest absolute Gasteiger partial charge is 1.00 e. The summed E-state index contributed by atoms with van der Waals surface area (Å²) >= 11 is 4.91. The van der Waals surface area contributed by atoms with E-state index in [4.69, 9.17) is 12.6 Å². The molecule has 0 spiro atoms. The summed E-state index contributed by atoms with van der Waals surface area (Å²) < 4.78 is 0. The molecule has 2 nitrogen and oxygen atoms in total. The molecule has 0 unspecified atom stereocenters. The number of imidazole rings is 1. The Kier molecular flexibility index (Phi) is 4.13. The van der Waals surface area contributed by atoms with Crippen LogP contribution >= 0.6 is 0 Å². The van der Waals surface area contributed by atoms with Crippen LogP contribution in [0.3, 0.4) is 0 Å². The number of nitrogens with one attached hydrogen (secondary N) is 1. The number of nitrogens with zero attached hydrogens (tertiary/aromatic N) is 1. The molecule has 0 aliphatic rings. The maximum Gasteiger partial charge on any atom is 1.00 e. The SMILES string of the molecule is Cc1ccccc1-c1c[nH]c([S-])n1.[Na+]. The van der Waals surface area contributed by atoms with Gasteiger partial charge in [0.1, 0.15) is 0 Å². The minimum absolute atomic E-state index is 0. The van der Waals surface area contributed by atoms with Crippen LogP contribution < -0.4 is 29.6 Å². The van der Waals surface area contributed by atoms with Gasteiger partial charge in [0.05, 0.1) is 5.69 Å². The first-order valence-corrected chi connectivity index (χ1v) is 4.46. The normalized spacial score (nSPS) is 9.50. The third-order valence-corrected chi connectivity index (χ3v) is 2.18. The van der Waals surface area contributed by atoms with E-state index >= 15 is 0 Å². The van der Waals surface area contributed by atoms with Crippen molar-refractivity contribution in [2.45, 2.75) is 12.1 Å². The first kappa shape index (κ1) is 11.7. The minimum Gasteiger partial charge on any atom is -0.742 e. The first-order valence-electron chi connectivity index (χ1n) is 4.06. The molecule has 0 atom stereocenters. The summed E-state index contributed by atoms with van der Waals surface area (Å²) in [6.07, 6.45) is 1.84. The van der Waals surface area contributed by atoms with Crippen molar-refractivity contribution in [3.63, 3.8) is 0 Å². The Labute approximate surface area is 111 Å². The van der Waals surface area contributed by atoms with E-state index in [1.54, 1.807) is 0 Å². The van der Waals surface area contributed by atoms with E-state index in [0.29, 0.717) is 5.16 Å². The van der Waals surface area contributed by atoms with E-state index in [9.17, 15) is 0 Å². The monoisotopic (exact) mass is 212 g/mol. The molecule has 4 heteroatoms. The van der Waals surface area contributed by atoms with Crippen molar-refractivity contribution in [1.29, 1.82) is 0 Å². The Balaban J connectivity index is 0.000000980. The smallest absolute Gasteiger partial charge is 0.742 e. The standard InChI is InChI=1S/C10H10N2S.Na/c1-7-4-2-3-5-8(7)9-6-11-10(13)12-9;/h2-6H,1H3,(H2,11,12,13);/q;+1/p-1. The van der Waals surface area contributed by atoms with Crippen molar-refractivity contribution < 1.29 is 29.6 Å². The van der Waals surface area contributed by atoms with E-state index in [1.165, 1.54) is 5.56 Å². The second-order valence-electron chi connectivity index (χ2n) is 2.91. The number of H-pyrrole nitrogens is 1. The Morgan fingerprint density at radius 1 is 1.29 bits per heavy atom. The molecule has 0 aliphatic heterocycles. The van der Waals surface area contributed by atoms with Crippen LogP contribution in [0.15, 0.2) is 35.6 Å². The number of aromatic nitrogens is 2. The van der Waals surface area contributed by atoms with E-state index in [1.807, 2.05) is 24.4 Å². The summed E-state index contributed by atoms with van der Waals surface area (Å²) in [6.45, 7) is 2.06. The van der Waals surface area contributed by atoms with Crippen LogP contribution in [-0.2, 0) is 12.6 Å². The van der Waals surface area contributed by atoms with Crippen molar-refractivity contribution in [3.8, 4) is 11.3 Å². The molecule has 1 aromatic heterocycles. The van der Waals surface area contributed by atoms with Crippen molar-refractivity contribution in [1.82, 2.24) is 9.97 Å². The van der Waals surface area contributed by atoms with E-state index in [0.717, 1.165) is 11.3 Å². The van der Waals surface area contributed by atoms with E-state index in [2.05, 4.69) is 23.0 Å². The summed E-state index contributed by atoms with van der Waals surface area (Å²) in [7, 11) is 0. The first-order chi connectivity index (χ1) is 6.27. The maximum atomic E-state index is 4.91. The van der Waals surface area contributed by atoms with Gasteiger partial charge < -0.3 is 17.6 Å². The van der Waals surface area contributed by atoms with Crippen LogP contribution in [0.1, 0.15) is 5.56 Å². The number of aryl methyl sites for hydroxylation is 1. The fourth-order valence-electron chi connectivity index (χ4n) is 1.30. The number of benzene rings is 1. The molecule has 0 saturated heterocycles. The third-order valence-electron chi connectivity index (χ3n) is 1.98. The number of rotatable bonds is 1. The summed E-state index contributed by atoms with van der Waals surface area (Å²) in [5, 5.41) is 0.540. The third kappa shape index (κ3) is 2.36. The molecule has 66 valence electrons. The predicted molar refractivity (Wildman–Crippen MR) is 54.4 cm³/mol. The molecule has 0 bridgehead atoms. The zero-order valence-electron chi connectivity index (χ0n) is 8.24. The molecular formula is C10H9N2NaS. The van der Waals surface area contributed by atoms with Crippen LogP contribution in [0.2, 0.25) is 0 Å². The molecule has 14 heavy (non-hydrogen) atoms. The van der Waals surface area contributed by atoms with Gasteiger partial charge in [0.15, 0.2) is 0 Å². The molecule has 0 aliphatic carbocycles. The molecule has 0 radical (unpaired) electrons. The summed E-state index contributed by atoms with van der Waals surface area (Å²) in [5.41, 5.74) is 3.27. The van der Waals surface area contributed by atoms with Gasteiger partial charge in [-0.05, 0) is 17.6 Å². The molecule has 0 amide bonds. The average molecular weight is 212 g/mol. The summed E-state index contributed by atoms with van der Waals surface area (Å²) in [4.78, 5) is 7.10. The van der Waals surface area contributed by atoms with Gasteiger partial charge in [-0.3, -0.25) is 4.98 Å². The topological polar surface area (TPSA) is 28.7 Å². The van der Waals surface area contributed by atoms with Crippen LogP contribution in [0, 0.1) is 6.92 Å². The van der Waals surface area contributed by atoms with Crippen molar-refractivity contribution in [3.05, 3.63) is 36.0 Å². The van der Waals surface area contributed by atoms with Crippen molar-refractivity contribution in [2.24, 2.45) is 0 Å². The van der Waals surface area contributed by atoms with Gasteiger partial charge in [0.25, 0.3) is 0 Å². The second-order valence-corrected chi connectivity index (χ2v) is 3.29. The number of hydrogen-bond acceptors (Lipinski definition) is 2. The Hall–Kier alpha value is -0.350. The maximum absolute atomic E-state index is 4.91. The van der Waals surface area contributed by atoms with E-state index in [-0.39, 0.29) is 29.6 Å². The fraction of sp³-hybridized carbons (Fsp3) is 0.100. The number of hydrogen-bond donors (Lipinski definition) is 1. The summed E-state index contributed by atoms with van der Waals surface area (Å²) in [5.74, 6) is 0. The molecule has 2 aromatic rings. The Bertz CT molecular complexity index is 426. The van der Waals surface area contributed by atoms with Crippen LogP contribution in [0.25, 0.3) is 11.3 Å². The van der Waals surface area contributed by atoms with Gasteiger partial charge in [0.2, 0.25) is 0 Å². The van der Waals surface area contributed by atoms with Gasteiger partial charge in [-0.15, -0.1) is 0 Å². The fourth-order valence-corrected chi connectivity index (χ4v) is 1.46. The summed E-state index contributed by atoms with van der Waals surface area (Å²) in [6, 6.07) is 8.12. The van der Waals surface area contributed by atoms with Gasteiger partial charge in [-0.25, -0.2) is 0 Å². The van der Waals surface area contributed by atoms with Crippen LogP contribution in [0.5, 0.6) is 0 Å². The molecule has 0 saturated carbocycles. The molecule has 1 N–H and O–H groups in total. The zero-order valence-corrected chi connectivity index (χ0v) is 11.1. The van der Waals surface area contributed by atoms with Crippen molar-refractivity contribution in [2.75, 3.05) is 0 Å². The molecule has 2 rings (SSSR count). The van der Waals surface area contributed by atoms with Crippen LogP contribution in [0.4, 0.5) is 0 Å². The molecule has 1 aromatic carbocycles.